The molecule has 0 fully saturated rings. The Morgan fingerprint density at radius 3 is 2.89 bits per heavy atom. The van der Waals surface area contributed by atoms with Gasteiger partial charge in [-0.25, -0.2) is 4.39 Å². The second kappa shape index (κ2) is 5.03. The van der Waals surface area contributed by atoms with Gasteiger partial charge < -0.3 is 5.32 Å². The van der Waals surface area contributed by atoms with Crippen molar-refractivity contribution < 1.29 is 9.18 Å². The number of halogens is 1. The van der Waals surface area contributed by atoms with Gasteiger partial charge >= 0.3 is 0 Å². The van der Waals surface area contributed by atoms with Gasteiger partial charge in [-0.1, -0.05) is 6.58 Å². The molecule has 0 rings (SSSR count). The first-order valence-corrected chi connectivity index (χ1v) is 2.46. The maximum atomic E-state index is 11.2. The van der Waals surface area contributed by atoms with Crippen LogP contribution in [0, 0.1) is 0 Å². The summed E-state index contributed by atoms with van der Waals surface area (Å²) < 4.78 is 11.2. The van der Waals surface area contributed by atoms with E-state index in [1.807, 2.05) is 0 Å². The molecule has 0 heterocycles. The fourth-order valence-electron chi connectivity index (χ4n) is 0.276. The van der Waals surface area contributed by atoms with Crippen molar-refractivity contribution >= 4 is 5.91 Å². The summed E-state index contributed by atoms with van der Waals surface area (Å²) in [6.07, 6.45) is 2.71. The second-order valence-electron chi connectivity index (χ2n) is 1.31. The number of carbonyl (C=O) groups excluding carboxylic acids is 1. The summed E-state index contributed by atoms with van der Waals surface area (Å²) in [5, 5.41) is 2.35. The Balaban J connectivity index is 3.27. The van der Waals surface area contributed by atoms with Gasteiger partial charge in [0.15, 0.2) is 0 Å². The molecule has 0 atom stereocenters. The lowest BCUT2D eigenvalue weighted by atomic mass is 10.5. The molecule has 2 nitrogen and oxygen atoms in total. The minimum atomic E-state index is -0.298. The monoisotopic (exact) mass is 129 g/mol. The highest BCUT2D eigenvalue weighted by molar-refractivity contribution is 5.86. The van der Waals surface area contributed by atoms with Crippen molar-refractivity contribution in [3.05, 3.63) is 25.1 Å². The van der Waals surface area contributed by atoms with Crippen LogP contribution in [0.5, 0.6) is 0 Å². The van der Waals surface area contributed by atoms with Crippen molar-refractivity contribution in [1.29, 1.82) is 0 Å². The molecule has 1 amide bonds. The zero-order valence-corrected chi connectivity index (χ0v) is 4.93. The molecule has 0 aromatic rings. The fraction of sp³-hybridized carbons (Fsp3) is 0.167. The molecule has 0 aromatic heterocycles. The normalized spacial score (nSPS) is 9.44. The summed E-state index contributed by atoms with van der Waals surface area (Å²) >= 11 is 0. The minimum absolute atomic E-state index is 0.210. The molecule has 50 valence electrons. The van der Waals surface area contributed by atoms with Gasteiger partial charge in [-0.2, -0.15) is 0 Å². The van der Waals surface area contributed by atoms with Gasteiger partial charge in [0.1, 0.15) is 0 Å². The van der Waals surface area contributed by atoms with E-state index in [2.05, 4.69) is 11.9 Å². The zero-order valence-electron chi connectivity index (χ0n) is 4.93. The van der Waals surface area contributed by atoms with Crippen molar-refractivity contribution in [1.82, 2.24) is 5.32 Å². The number of hydrogen-bond acceptors (Lipinski definition) is 1. The standard InChI is InChI=1S/C6H8FNO/c1-2-6(9)8-5-3-4-7/h2-4H,1,5H2,(H,8,9). The third-order valence-electron chi connectivity index (χ3n) is 0.669. The molecule has 1 N–H and O–H groups in total. The van der Waals surface area contributed by atoms with Gasteiger partial charge in [0.05, 0.1) is 6.33 Å². The summed E-state index contributed by atoms with van der Waals surface area (Å²) in [7, 11) is 0. The number of amides is 1. The maximum Gasteiger partial charge on any atom is 0.243 e. The zero-order chi connectivity index (χ0) is 7.11. The fourth-order valence-corrected chi connectivity index (χ4v) is 0.276. The quantitative estimate of drug-likeness (QED) is 0.560. The van der Waals surface area contributed by atoms with E-state index >= 15 is 0 Å². The minimum Gasteiger partial charge on any atom is -0.349 e. The van der Waals surface area contributed by atoms with Crippen molar-refractivity contribution in [2.75, 3.05) is 6.54 Å². The molecule has 0 saturated carbocycles. The van der Waals surface area contributed by atoms with Crippen molar-refractivity contribution in [3.8, 4) is 0 Å². The lowest BCUT2D eigenvalue weighted by molar-refractivity contribution is -0.116. The molecule has 3 heteroatoms. The Kier molecular flexibility index (Phi) is 4.40. The molecule has 0 aliphatic heterocycles. The average Bonchev–Trinajstić information content (AvgIpc) is 1.89. The van der Waals surface area contributed by atoms with Gasteiger partial charge in [-0.15, -0.1) is 0 Å². The Morgan fingerprint density at radius 2 is 2.44 bits per heavy atom. The van der Waals surface area contributed by atoms with Crippen LogP contribution in [0.2, 0.25) is 0 Å². The highest BCUT2D eigenvalue weighted by atomic mass is 19.1. The first kappa shape index (κ1) is 7.88. The summed E-state index contributed by atoms with van der Waals surface area (Å²) in [6.45, 7) is 3.42. The summed E-state index contributed by atoms with van der Waals surface area (Å²) in [6, 6.07) is 0. The molecule has 0 unspecified atom stereocenters. The lowest BCUT2D eigenvalue weighted by Gasteiger charge is -1.92. The van der Waals surface area contributed by atoms with E-state index in [0.29, 0.717) is 6.33 Å². The highest BCUT2D eigenvalue weighted by Crippen LogP contribution is 1.70. The van der Waals surface area contributed by atoms with Crippen LogP contribution in [0.1, 0.15) is 0 Å². The largest absolute Gasteiger partial charge is 0.349 e. The molecule has 0 aliphatic carbocycles. The van der Waals surface area contributed by atoms with Gasteiger partial charge in [0.2, 0.25) is 5.91 Å². The van der Waals surface area contributed by atoms with Gasteiger partial charge in [-0.3, -0.25) is 4.79 Å². The number of carbonyl (C=O) groups is 1. The Hall–Kier alpha value is -1.12. The number of nitrogens with one attached hydrogen (secondary N) is 1. The van der Waals surface area contributed by atoms with Crippen LogP contribution in [-0.4, -0.2) is 12.5 Å². The van der Waals surface area contributed by atoms with E-state index in [1.54, 1.807) is 0 Å². The van der Waals surface area contributed by atoms with Crippen molar-refractivity contribution in [3.63, 3.8) is 0 Å². The average molecular weight is 129 g/mol. The van der Waals surface area contributed by atoms with Crippen LogP contribution in [-0.2, 0) is 4.79 Å². The molecule has 0 saturated heterocycles. The first-order chi connectivity index (χ1) is 4.31. The first-order valence-electron chi connectivity index (χ1n) is 2.46. The van der Waals surface area contributed by atoms with E-state index in [4.69, 9.17) is 0 Å². The van der Waals surface area contributed by atoms with Gasteiger partial charge in [0.25, 0.3) is 0 Å². The molecule has 0 radical (unpaired) electrons. The molecule has 0 aliphatic rings. The van der Waals surface area contributed by atoms with Crippen molar-refractivity contribution in [2.45, 2.75) is 0 Å². The molecule has 0 bridgehead atoms. The molecular weight excluding hydrogens is 121 g/mol. The van der Waals surface area contributed by atoms with Crippen molar-refractivity contribution in [2.24, 2.45) is 0 Å². The Labute approximate surface area is 53.1 Å². The molecule has 9 heavy (non-hydrogen) atoms. The SMILES string of the molecule is C=CC(=O)NCC=CF. The van der Waals surface area contributed by atoms with Crippen LogP contribution in [0.4, 0.5) is 4.39 Å². The van der Waals surface area contributed by atoms with E-state index in [-0.39, 0.29) is 12.5 Å². The third-order valence-corrected chi connectivity index (χ3v) is 0.669. The topological polar surface area (TPSA) is 29.1 Å². The molecule has 0 aromatic carbocycles. The third kappa shape index (κ3) is 4.74. The molecule has 0 spiro atoms. The van der Waals surface area contributed by atoms with Gasteiger partial charge in [-0.05, 0) is 12.2 Å². The maximum absolute atomic E-state index is 11.2. The number of rotatable bonds is 3. The summed E-state index contributed by atoms with van der Waals surface area (Å²) in [5.74, 6) is -0.298. The van der Waals surface area contributed by atoms with E-state index in [1.165, 1.54) is 6.08 Å². The second-order valence-corrected chi connectivity index (χ2v) is 1.31. The predicted molar refractivity (Wildman–Crippen MR) is 33.5 cm³/mol. The van der Waals surface area contributed by atoms with Gasteiger partial charge in [0, 0.05) is 6.54 Å². The van der Waals surface area contributed by atoms with E-state index in [9.17, 15) is 9.18 Å². The predicted octanol–water partition coefficient (Wildman–Crippen LogP) is 0.772. The smallest absolute Gasteiger partial charge is 0.243 e. The van der Waals surface area contributed by atoms with Crippen LogP contribution >= 0.6 is 0 Å². The summed E-state index contributed by atoms with van der Waals surface area (Å²) in [4.78, 5) is 10.3. The summed E-state index contributed by atoms with van der Waals surface area (Å²) in [5.41, 5.74) is 0. The lowest BCUT2D eigenvalue weighted by Crippen LogP contribution is -2.20. The van der Waals surface area contributed by atoms with Crippen LogP contribution in [0.15, 0.2) is 25.1 Å². The van der Waals surface area contributed by atoms with Crippen LogP contribution in [0.25, 0.3) is 0 Å². The van der Waals surface area contributed by atoms with Crippen LogP contribution in [0.3, 0.4) is 0 Å². The Bertz CT molecular complexity index is 131. The highest BCUT2D eigenvalue weighted by Gasteiger charge is 1.86. The number of hydrogen-bond donors (Lipinski definition) is 1. The van der Waals surface area contributed by atoms with E-state index in [0.717, 1.165) is 6.08 Å². The molecular formula is C6H8FNO. The van der Waals surface area contributed by atoms with E-state index < -0.39 is 0 Å². The Morgan fingerprint density at radius 1 is 1.78 bits per heavy atom. The van der Waals surface area contributed by atoms with Crippen LogP contribution < -0.4 is 5.32 Å².